The molecule has 4 heteroatoms. The number of rotatable bonds is 3. The number of hydrogen-bond donors (Lipinski definition) is 0. The van der Waals surface area contributed by atoms with Crippen LogP contribution in [0.5, 0.6) is 0 Å². The van der Waals surface area contributed by atoms with Crippen molar-refractivity contribution in [3.8, 4) is 0 Å². The minimum Gasteiger partial charge on any atom is -0.468 e. The fourth-order valence-corrected chi connectivity index (χ4v) is 2.03. The Bertz CT molecular complexity index is 426. The van der Waals surface area contributed by atoms with Gasteiger partial charge < -0.3 is 4.74 Å². The quantitative estimate of drug-likeness (QED) is 0.487. The summed E-state index contributed by atoms with van der Waals surface area (Å²) in [6.45, 7) is 3.48. The Balaban J connectivity index is 3.01. The van der Waals surface area contributed by atoms with E-state index in [9.17, 15) is 9.59 Å². The fourth-order valence-electron chi connectivity index (χ4n) is 1.34. The first-order chi connectivity index (χ1) is 7.47. The van der Waals surface area contributed by atoms with Crippen LogP contribution < -0.4 is 0 Å². The molecule has 0 bridgehead atoms. The zero-order valence-corrected chi connectivity index (χ0v) is 11.0. The lowest BCUT2D eigenvalue weighted by atomic mass is 9.99. The van der Waals surface area contributed by atoms with Gasteiger partial charge in [0, 0.05) is 10.0 Å². The number of methoxy groups -OCH3 is 1. The minimum absolute atomic E-state index is 0.237. The molecule has 1 unspecified atom stereocenters. The van der Waals surface area contributed by atoms with Gasteiger partial charge in [-0.05, 0) is 31.5 Å². The lowest BCUT2D eigenvalue weighted by Crippen LogP contribution is -2.22. The standard InChI is InChI=1S/C12H13BrO3/c1-7-4-5-9(10(13)6-7)11(14)8(2)12(15)16-3/h4-6,8H,1-3H3. The van der Waals surface area contributed by atoms with Crippen molar-refractivity contribution in [1.29, 1.82) is 0 Å². The van der Waals surface area contributed by atoms with Crippen molar-refractivity contribution in [2.24, 2.45) is 5.92 Å². The number of benzene rings is 1. The number of Topliss-reactive ketones (excluding diaryl/α,β-unsaturated/α-hetero) is 1. The largest absolute Gasteiger partial charge is 0.468 e. The van der Waals surface area contributed by atoms with Gasteiger partial charge in [0.2, 0.25) is 0 Å². The fraction of sp³-hybridized carbons (Fsp3) is 0.333. The van der Waals surface area contributed by atoms with Crippen LogP contribution in [-0.4, -0.2) is 18.9 Å². The van der Waals surface area contributed by atoms with E-state index in [1.807, 2.05) is 19.1 Å². The zero-order valence-electron chi connectivity index (χ0n) is 9.41. The molecule has 0 fully saturated rings. The second kappa shape index (κ2) is 5.25. The van der Waals surface area contributed by atoms with Crippen LogP contribution in [0.2, 0.25) is 0 Å². The normalized spacial score (nSPS) is 12.0. The van der Waals surface area contributed by atoms with Gasteiger partial charge in [0.15, 0.2) is 5.78 Å². The molecular weight excluding hydrogens is 272 g/mol. The molecule has 0 aromatic heterocycles. The lowest BCUT2D eigenvalue weighted by molar-refractivity contribution is -0.143. The van der Waals surface area contributed by atoms with Crippen LogP contribution in [-0.2, 0) is 9.53 Å². The van der Waals surface area contributed by atoms with Gasteiger partial charge in [-0.3, -0.25) is 9.59 Å². The molecule has 0 radical (unpaired) electrons. The molecule has 86 valence electrons. The first-order valence-electron chi connectivity index (χ1n) is 4.85. The summed E-state index contributed by atoms with van der Waals surface area (Å²) in [5.74, 6) is -1.53. The summed E-state index contributed by atoms with van der Waals surface area (Å²) in [4.78, 5) is 23.2. The highest BCUT2D eigenvalue weighted by molar-refractivity contribution is 9.10. The molecule has 1 rings (SSSR count). The number of hydrogen-bond acceptors (Lipinski definition) is 3. The molecule has 16 heavy (non-hydrogen) atoms. The molecule has 0 saturated heterocycles. The van der Waals surface area contributed by atoms with Crippen molar-refractivity contribution in [3.05, 3.63) is 33.8 Å². The average molecular weight is 285 g/mol. The van der Waals surface area contributed by atoms with E-state index in [0.717, 1.165) is 5.56 Å². The summed E-state index contributed by atoms with van der Waals surface area (Å²) >= 11 is 3.31. The van der Waals surface area contributed by atoms with E-state index in [-0.39, 0.29) is 5.78 Å². The van der Waals surface area contributed by atoms with Crippen LogP contribution in [0.15, 0.2) is 22.7 Å². The molecule has 0 heterocycles. The van der Waals surface area contributed by atoms with Crippen molar-refractivity contribution in [1.82, 2.24) is 0 Å². The van der Waals surface area contributed by atoms with Crippen LogP contribution in [0, 0.1) is 12.8 Å². The van der Waals surface area contributed by atoms with Crippen LogP contribution in [0.3, 0.4) is 0 Å². The van der Waals surface area contributed by atoms with Crippen molar-refractivity contribution < 1.29 is 14.3 Å². The molecule has 0 aliphatic carbocycles. The van der Waals surface area contributed by atoms with Crippen LogP contribution in [0.1, 0.15) is 22.8 Å². The lowest BCUT2D eigenvalue weighted by Gasteiger charge is -2.09. The second-order valence-corrected chi connectivity index (χ2v) is 4.45. The topological polar surface area (TPSA) is 43.4 Å². The molecule has 0 spiro atoms. The van der Waals surface area contributed by atoms with E-state index in [1.165, 1.54) is 7.11 Å². The molecule has 0 aliphatic rings. The third-order valence-corrected chi connectivity index (χ3v) is 2.99. The SMILES string of the molecule is COC(=O)C(C)C(=O)c1ccc(C)cc1Br. The third kappa shape index (κ3) is 2.70. The summed E-state index contributed by atoms with van der Waals surface area (Å²) in [6, 6.07) is 5.39. The maximum absolute atomic E-state index is 11.9. The summed E-state index contributed by atoms with van der Waals surface area (Å²) in [7, 11) is 1.27. The Morgan fingerprint density at radius 1 is 1.38 bits per heavy atom. The Morgan fingerprint density at radius 3 is 2.50 bits per heavy atom. The molecule has 0 N–H and O–H groups in total. The van der Waals surface area contributed by atoms with Gasteiger partial charge in [0.25, 0.3) is 0 Å². The van der Waals surface area contributed by atoms with E-state index < -0.39 is 11.9 Å². The van der Waals surface area contributed by atoms with E-state index >= 15 is 0 Å². The van der Waals surface area contributed by atoms with Gasteiger partial charge in [-0.25, -0.2) is 0 Å². The number of ether oxygens (including phenoxy) is 1. The highest BCUT2D eigenvalue weighted by Crippen LogP contribution is 2.21. The molecule has 1 aromatic rings. The van der Waals surface area contributed by atoms with Gasteiger partial charge in [-0.15, -0.1) is 0 Å². The number of aryl methyl sites for hydroxylation is 1. The Hall–Kier alpha value is -1.16. The molecule has 1 aromatic carbocycles. The highest BCUT2D eigenvalue weighted by atomic mass is 79.9. The van der Waals surface area contributed by atoms with Gasteiger partial charge >= 0.3 is 5.97 Å². The number of esters is 1. The number of carbonyl (C=O) groups excluding carboxylic acids is 2. The van der Waals surface area contributed by atoms with Crippen molar-refractivity contribution in [2.45, 2.75) is 13.8 Å². The average Bonchev–Trinajstić information content (AvgIpc) is 2.26. The van der Waals surface area contributed by atoms with E-state index in [4.69, 9.17) is 0 Å². The number of carbonyl (C=O) groups is 2. The Labute approximate surface area is 103 Å². The van der Waals surface area contributed by atoms with E-state index in [1.54, 1.807) is 13.0 Å². The highest BCUT2D eigenvalue weighted by Gasteiger charge is 2.24. The summed E-state index contributed by atoms with van der Waals surface area (Å²) in [6.07, 6.45) is 0. The molecule has 0 aliphatic heterocycles. The minimum atomic E-state index is -0.774. The molecule has 1 atom stereocenters. The van der Waals surface area contributed by atoms with Crippen molar-refractivity contribution >= 4 is 27.7 Å². The Morgan fingerprint density at radius 2 is 2.00 bits per heavy atom. The second-order valence-electron chi connectivity index (χ2n) is 3.59. The maximum atomic E-state index is 11.9. The summed E-state index contributed by atoms with van der Waals surface area (Å²) < 4.78 is 5.25. The molecule has 0 amide bonds. The number of ketones is 1. The molecule has 0 saturated carbocycles. The molecule has 3 nitrogen and oxygen atoms in total. The predicted molar refractivity (Wildman–Crippen MR) is 64.4 cm³/mol. The van der Waals surface area contributed by atoms with E-state index in [2.05, 4.69) is 20.7 Å². The summed E-state index contributed by atoms with van der Waals surface area (Å²) in [5.41, 5.74) is 1.55. The smallest absolute Gasteiger partial charge is 0.316 e. The first kappa shape index (κ1) is 12.9. The van der Waals surface area contributed by atoms with Crippen LogP contribution in [0.25, 0.3) is 0 Å². The number of halogens is 1. The zero-order chi connectivity index (χ0) is 12.3. The maximum Gasteiger partial charge on any atom is 0.316 e. The first-order valence-corrected chi connectivity index (χ1v) is 5.65. The van der Waals surface area contributed by atoms with Crippen LogP contribution in [0.4, 0.5) is 0 Å². The third-order valence-electron chi connectivity index (χ3n) is 2.34. The van der Waals surface area contributed by atoms with E-state index in [0.29, 0.717) is 10.0 Å². The Kier molecular flexibility index (Phi) is 4.24. The monoisotopic (exact) mass is 284 g/mol. The van der Waals surface area contributed by atoms with Crippen molar-refractivity contribution in [3.63, 3.8) is 0 Å². The summed E-state index contributed by atoms with van der Waals surface area (Å²) in [5, 5.41) is 0. The van der Waals surface area contributed by atoms with Gasteiger partial charge in [-0.1, -0.05) is 22.0 Å². The van der Waals surface area contributed by atoms with Gasteiger partial charge in [-0.2, -0.15) is 0 Å². The predicted octanol–water partition coefficient (Wildman–Crippen LogP) is 2.75. The van der Waals surface area contributed by atoms with Gasteiger partial charge in [0.05, 0.1) is 7.11 Å². The van der Waals surface area contributed by atoms with Gasteiger partial charge in [0.1, 0.15) is 5.92 Å². The van der Waals surface area contributed by atoms with Crippen molar-refractivity contribution in [2.75, 3.05) is 7.11 Å². The van der Waals surface area contributed by atoms with Crippen LogP contribution >= 0.6 is 15.9 Å². The molecular formula is C12H13BrO3.